The monoisotopic (exact) mass is 2110 g/mol. The van der Waals surface area contributed by atoms with Gasteiger partial charge in [0.05, 0.1) is 129 Å². The minimum absolute atomic E-state index is 0.0160. The lowest BCUT2D eigenvalue weighted by molar-refractivity contribution is -0.392. The number of esters is 4. The number of aliphatic hydroxyl groups is 16. The second kappa shape index (κ2) is 61.0. The molecule has 16 bridgehead atoms. The molecular weight excluding hydrogens is 1990 g/mol. The van der Waals surface area contributed by atoms with Gasteiger partial charge in [0.25, 0.3) is 25.9 Å². The highest BCUT2D eigenvalue weighted by Gasteiger charge is 2.61. The average molecular weight is 2110 g/mol. The molecule has 28 heterocycles. The van der Waals surface area contributed by atoms with Gasteiger partial charge in [0.1, 0.15) is 146 Å². The van der Waals surface area contributed by atoms with E-state index in [0.29, 0.717) is 0 Å². The maximum atomic E-state index is 12.7. The quantitative estimate of drug-likeness (QED) is 0.0116. The first-order valence-corrected chi connectivity index (χ1v) is 53.2. The fraction of sp³-hybridized carbons (Fsp3) is 0.900. The van der Waals surface area contributed by atoms with Crippen molar-refractivity contribution in [3.05, 3.63) is 0 Å². The normalized spacial score (nSPS) is 39.6. The van der Waals surface area contributed by atoms with E-state index in [-0.39, 0.29) is 196 Å². The number of carbonyl (C=O) groups excluding carboxylic acids is 8. The Kier molecular flexibility index (Phi) is 52.4. The van der Waals surface area contributed by atoms with Crippen LogP contribution in [-0.4, -0.2) is 524 Å². The number of hydrogen-bond acceptors (Lipinski definition) is 56. The van der Waals surface area contributed by atoms with E-state index in [4.69, 9.17) is 114 Å². The van der Waals surface area contributed by atoms with Crippen molar-refractivity contribution in [2.45, 2.75) is 297 Å². The van der Waals surface area contributed by atoms with Crippen LogP contribution in [0.1, 0.15) is 51.4 Å². The molecule has 784 valence electrons. The summed E-state index contributed by atoms with van der Waals surface area (Å²) in [6.07, 6.45) is -77.8. The third-order valence-electron chi connectivity index (χ3n) is 22.9. The van der Waals surface area contributed by atoms with Crippen LogP contribution in [0.3, 0.4) is 0 Å². The van der Waals surface area contributed by atoms with Gasteiger partial charge >= 0.3 is 23.9 Å². The van der Waals surface area contributed by atoms with E-state index in [1.807, 2.05) is 0 Å². The molecule has 0 spiro atoms. The van der Waals surface area contributed by atoms with Gasteiger partial charge in [-0.15, -0.1) is 0 Å². The molecule has 16 unspecified atom stereocenters. The molecule has 28 aliphatic rings. The molecule has 0 amide bonds. The van der Waals surface area contributed by atoms with E-state index in [9.17, 15) is 120 Å². The van der Waals surface area contributed by atoms with Crippen LogP contribution in [0.2, 0.25) is 0 Å². The highest BCUT2D eigenvalue weighted by Crippen LogP contribution is 2.43. The van der Waals surface area contributed by atoms with Crippen molar-refractivity contribution in [3.63, 3.8) is 0 Å². The van der Waals surface area contributed by atoms with Crippen molar-refractivity contribution < 1.29 is 234 Å². The van der Waals surface area contributed by atoms with Crippen molar-refractivity contribution in [2.24, 2.45) is 0 Å². The Morgan fingerprint density at radius 3 is 0.559 bits per heavy atom. The van der Waals surface area contributed by atoms with Crippen LogP contribution in [0.25, 0.3) is 0 Å². The molecule has 0 saturated carbocycles. The highest BCUT2D eigenvalue weighted by molar-refractivity contribution is 8.00. The zero-order valence-electron chi connectivity index (χ0n) is 74.7. The first-order chi connectivity index (χ1) is 65.5. The smallest absolute Gasteiger partial charge is 0.306 e. The molecule has 136 heavy (non-hydrogen) atoms. The van der Waals surface area contributed by atoms with Crippen molar-refractivity contribution in [2.75, 3.05) is 147 Å². The maximum Gasteiger partial charge on any atom is 0.306 e. The zero-order chi connectivity index (χ0) is 98.7. The molecule has 28 rings (SSSR count). The average Bonchev–Trinajstić information content (AvgIpc) is 0.775. The van der Waals surface area contributed by atoms with E-state index >= 15 is 0 Å². The summed E-state index contributed by atoms with van der Waals surface area (Å²) in [5.74, 6) is -3.33. The third-order valence-corrected chi connectivity index (χ3v) is 31.7. The molecule has 28 saturated heterocycles. The number of hydrogen-bond donors (Lipinski definition) is 16. The number of aliphatic hydroxyl groups excluding tert-OH is 16. The largest absolute Gasteiger partial charge is 0.469 e. The first kappa shape index (κ1) is 117. The summed E-state index contributed by atoms with van der Waals surface area (Å²) in [5, 5.41) is 199. The molecular formula is C80H128O48S8. The molecule has 0 aliphatic carbocycles. The van der Waals surface area contributed by atoms with Crippen molar-refractivity contribution in [1.29, 1.82) is 0 Å². The minimum Gasteiger partial charge on any atom is -0.469 e. The number of carbonyl (C=O) groups is 8. The van der Waals surface area contributed by atoms with Gasteiger partial charge in [-0.05, 0) is 48.7 Å². The van der Waals surface area contributed by atoms with Crippen molar-refractivity contribution in [3.8, 4) is 0 Å². The summed E-state index contributed by atoms with van der Waals surface area (Å²) < 4.78 is 142. The van der Waals surface area contributed by atoms with E-state index < -0.39 is 270 Å². The van der Waals surface area contributed by atoms with Gasteiger partial charge in [0.2, 0.25) is 0 Å². The highest BCUT2D eigenvalue weighted by atomic mass is 32.2. The summed E-state index contributed by atoms with van der Waals surface area (Å²) >= 11 is 8.70. The standard InChI is InChI=1S/C80H128O48S8/c1-105-45(85)9-21-133-29-41-67-52(92)59(99)76(117-41)125-69-43(31-135-23-11-47(87)107-3)119-78(61(101)54(69)94)126-70-44(32-136-24-12-48(88)108-4)118-77(60(100)53(70)93)124-68-42(30-134-22-10-46(86)106-2)116-75(58(98)51(68)91)122-66-39(27-131-19-7-15-111-35-83)120-79(63(103)56(66)96)128-72-49(89)37(25-129-17-5-13-109-33-81)113-80(64(72)104)127-71-40(28-132-20-8-16-112-36-84)115-74(62(102)55(71)95)121-65-38(26-130-18-6-14-110-34-82)114-73(123-67)57(97)50(65)90/h33-44,49-80,89-104H,5-32H2,1-4H3/t37?,38?,39?,40?,41?,42?,43?,44?,49-,50-,51-,52-,53-,54-,55-,56-,57?,58?,59?,60?,61?,62?,63?,64?,65-,66-,67-,68-,69-,70-,71-,72+,73-,74-,75-,76-,77-,78-,79-,80+/m1/s1. The Bertz CT molecular complexity index is 3470. The first-order valence-electron chi connectivity index (χ1n) is 43.9. The third kappa shape index (κ3) is 33.7. The fourth-order valence-corrected chi connectivity index (χ4v) is 23.5. The number of methoxy groups -OCH3 is 4. The fourth-order valence-electron chi connectivity index (χ4n) is 15.6. The van der Waals surface area contributed by atoms with Crippen LogP contribution in [0, 0.1) is 0 Å². The minimum atomic E-state index is -2.27. The summed E-state index contributed by atoms with van der Waals surface area (Å²) in [6, 6.07) is 0. The van der Waals surface area contributed by atoms with Gasteiger partial charge in [0.15, 0.2) is 50.3 Å². The lowest BCUT2D eigenvalue weighted by Gasteiger charge is -2.50. The molecule has 48 nitrogen and oxygen atoms in total. The Balaban J connectivity index is 1.14. The maximum absolute atomic E-state index is 12.7. The summed E-state index contributed by atoms with van der Waals surface area (Å²) in [4.78, 5) is 94.5. The molecule has 28 aliphatic heterocycles. The zero-order valence-corrected chi connectivity index (χ0v) is 81.2. The lowest BCUT2D eigenvalue weighted by Crippen LogP contribution is -2.68. The van der Waals surface area contributed by atoms with E-state index in [1.165, 1.54) is 0 Å². The summed E-state index contributed by atoms with van der Waals surface area (Å²) in [5.41, 5.74) is 0. The molecule has 0 aromatic carbocycles. The SMILES string of the molecule is COC(=O)CCSCC1O[C@@H]2O[C@@H]3C(CSCCC(=O)OC)O[C@H](O[C@@H]4C(CSCCC(=O)OC)O[C@H](O[C@@H]5C(CSCCCOC=O)O[C@H](O[C@@H]6C(O)[C@@H](OC(CSCCCOC=O)[C@H]6O)O[C@@H]6C(CSCCCOC=O)O[C@H](O[C@@H]7C(CSCCCOC=O)O[C@H](O[C@@H]8C(CSCCC(=O)OC)O[C@H](O[C@H]1[C@H](O)C2O)C(O)[C@H]8O)C(O)[C@H]7O)C(O)[C@H]6O)C(O)[C@H]5O)C(O)[C@H]4O)C(O)[C@H]3O. The summed E-state index contributed by atoms with van der Waals surface area (Å²) in [7, 11) is 4.64. The molecule has 16 N–H and O–H groups in total. The van der Waals surface area contributed by atoms with Gasteiger partial charge in [-0.25, -0.2) is 0 Å². The molecule has 0 aromatic heterocycles. The van der Waals surface area contributed by atoms with Crippen LogP contribution in [0.5, 0.6) is 0 Å². The van der Waals surface area contributed by atoms with Crippen LogP contribution >= 0.6 is 94.1 Å². The van der Waals surface area contributed by atoms with Crippen molar-refractivity contribution in [1.82, 2.24) is 0 Å². The van der Waals surface area contributed by atoms with E-state index in [1.54, 1.807) is 0 Å². The van der Waals surface area contributed by atoms with Crippen LogP contribution in [0.15, 0.2) is 0 Å². The predicted molar refractivity (Wildman–Crippen MR) is 476 cm³/mol. The van der Waals surface area contributed by atoms with E-state index in [2.05, 4.69) is 0 Å². The number of thioether (sulfide) groups is 8. The van der Waals surface area contributed by atoms with Crippen LogP contribution in [0.4, 0.5) is 0 Å². The Hall–Kier alpha value is -2.72. The Morgan fingerprint density at radius 1 is 0.213 bits per heavy atom. The molecule has 40 atom stereocenters. The molecule has 28 fully saturated rings. The Morgan fingerprint density at radius 2 is 0.375 bits per heavy atom. The molecule has 0 aromatic rings. The van der Waals surface area contributed by atoms with Gasteiger partial charge in [-0.1, -0.05) is 0 Å². The van der Waals surface area contributed by atoms with Gasteiger partial charge in [0, 0.05) is 69.0 Å². The van der Waals surface area contributed by atoms with Gasteiger partial charge in [-0.2, -0.15) is 94.1 Å². The number of rotatable bonds is 48. The van der Waals surface area contributed by atoms with Crippen LogP contribution in [-0.2, 0) is 152 Å². The van der Waals surface area contributed by atoms with Crippen LogP contribution < -0.4 is 0 Å². The molecule has 56 heteroatoms. The van der Waals surface area contributed by atoms with Crippen molar-refractivity contribution >= 4 is 144 Å². The molecule has 0 radical (unpaired) electrons. The Labute approximate surface area is 816 Å². The predicted octanol–water partition coefficient (Wildman–Crippen LogP) is -6.97. The second-order valence-corrected chi connectivity index (χ2v) is 41.4. The summed E-state index contributed by atoms with van der Waals surface area (Å²) in [6.45, 7) is 0.809. The van der Waals surface area contributed by atoms with Gasteiger partial charge in [-0.3, -0.25) is 38.4 Å². The topological polar surface area (TPSA) is 682 Å². The number of ether oxygens (including phenoxy) is 24. The van der Waals surface area contributed by atoms with E-state index in [0.717, 1.165) is 123 Å². The van der Waals surface area contributed by atoms with Gasteiger partial charge < -0.3 is 195 Å². The lowest BCUT2D eigenvalue weighted by atomic mass is 9.95. The second-order valence-electron chi connectivity index (χ2n) is 32.2.